The largest absolute Gasteiger partial charge is 0.391 e. The summed E-state index contributed by atoms with van der Waals surface area (Å²) in [6, 6.07) is 20.2. The normalized spacial score (nSPS) is 21.5. The summed E-state index contributed by atoms with van der Waals surface area (Å²) in [7, 11) is 0. The average Bonchev–Trinajstić information content (AvgIpc) is 3.22. The molecule has 0 unspecified atom stereocenters. The quantitative estimate of drug-likeness (QED) is 0.364. The molecule has 0 aliphatic carbocycles. The molecule has 2 N–H and O–H groups in total. The van der Waals surface area contributed by atoms with Crippen molar-refractivity contribution in [3.8, 4) is 0 Å². The van der Waals surface area contributed by atoms with Gasteiger partial charge in [-0.25, -0.2) is 8.78 Å². The molecular weight excluding hydrogens is 484 g/mol. The van der Waals surface area contributed by atoms with E-state index in [2.05, 4.69) is 0 Å². The van der Waals surface area contributed by atoms with Gasteiger partial charge < -0.3 is 24.7 Å². The summed E-state index contributed by atoms with van der Waals surface area (Å²) in [6.45, 7) is 3.03. The Bertz CT molecular complexity index is 1130. The second-order valence-electron chi connectivity index (χ2n) is 8.80. The van der Waals surface area contributed by atoms with Crippen LogP contribution < -0.4 is 5.73 Å². The van der Waals surface area contributed by atoms with E-state index >= 15 is 0 Å². The Balaban J connectivity index is 1.47. The number of thiocarbonyl (C=S) groups is 1. The molecule has 190 valence electrons. The Morgan fingerprint density at radius 1 is 0.778 bits per heavy atom. The molecule has 4 rings (SSSR count). The van der Waals surface area contributed by atoms with Crippen molar-refractivity contribution in [2.24, 2.45) is 5.73 Å². The Morgan fingerprint density at radius 2 is 1.25 bits per heavy atom. The van der Waals surface area contributed by atoms with Crippen molar-refractivity contribution in [2.75, 3.05) is 6.61 Å². The fraction of sp³-hybridized carbons (Fsp3) is 0.321. The lowest BCUT2D eigenvalue weighted by molar-refractivity contribution is -0.0896. The van der Waals surface area contributed by atoms with Crippen LogP contribution in [0, 0.1) is 18.6 Å². The number of benzene rings is 3. The average molecular weight is 514 g/mol. The molecule has 36 heavy (non-hydrogen) atoms. The molecule has 1 saturated heterocycles. The van der Waals surface area contributed by atoms with Crippen LogP contribution in [0.3, 0.4) is 0 Å². The first-order valence-electron chi connectivity index (χ1n) is 11.7. The molecular formula is C28H29F2NO4S. The van der Waals surface area contributed by atoms with Gasteiger partial charge in [0.05, 0.1) is 26.4 Å². The van der Waals surface area contributed by atoms with E-state index in [9.17, 15) is 8.78 Å². The third-order valence-corrected chi connectivity index (χ3v) is 6.21. The summed E-state index contributed by atoms with van der Waals surface area (Å²) in [4.78, 5) is 0.167. The lowest BCUT2D eigenvalue weighted by Gasteiger charge is -2.25. The second-order valence-corrected chi connectivity index (χ2v) is 9.27. The number of hydrogen-bond donors (Lipinski definition) is 1. The fourth-order valence-electron chi connectivity index (χ4n) is 4.00. The summed E-state index contributed by atoms with van der Waals surface area (Å²) in [5.41, 5.74) is 9.80. The number of aryl methyl sites for hydroxylation is 1. The minimum Gasteiger partial charge on any atom is -0.391 e. The van der Waals surface area contributed by atoms with Crippen molar-refractivity contribution in [3.05, 3.63) is 107 Å². The standard InChI is InChI=1S/C28H29F2NO4S/c1-18-2-4-20(5-3-18)16-34-26-25(33-15-21-8-12-23(30)13-9-21)24(35-27(26)28(31)36)17-32-14-19-6-10-22(29)11-7-19/h2-13,24-27H,14-17H2,1H3,(H2,31,36)/t24-,25-,26-,27-/m1/s1. The van der Waals surface area contributed by atoms with Crippen molar-refractivity contribution in [3.63, 3.8) is 0 Å². The van der Waals surface area contributed by atoms with Crippen molar-refractivity contribution in [1.29, 1.82) is 0 Å². The van der Waals surface area contributed by atoms with Crippen LogP contribution in [0.1, 0.15) is 22.3 Å². The van der Waals surface area contributed by atoms with Gasteiger partial charge in [0.25, 0.3) is 0 Å². The first kappa shape index (κ1) is 26.3. The van der Waals surface area contributed by atoms with Crippen LogP contribution in [0.4, 0.5) is 8.78 Å². The highest BCUT2D eigenvalue weighted by Crippen LogP contribution is 2.29. The molecule has 5 nitrogen and oxygen atoms in total. The molecule has 1 aliphatic heterocycles. The number of hydrogen-bond acceptors (Lipinski definition) is 5. The molecule has 1 heterocycles. The predicted molar refractivity (Wildman–Crippen MR) is 136 cm³/mol. The predicted octanol–water partition coefficient (Wildman–Crippen LogP) is 5.01. The van der Waals surface area contributed by atoms with Crippen LogP contribution >= 0.6 is 12.2 Å². The first-order chi connectivity index (χ1) is 17.4. The lowest BCUT2D eigenvalue weighted by Crippen LogP contribution is -2.42. The lowest BCUT2D eigenvalue weighted by atomic mass is 10.1. The highest BCUT2D eigenvalue weighted by molar-refractivity contribution is 7.80. The number of ether oxygens (including phenoxy) is 4. The molecule has 3 aromatic rings. The Morgan fingerprint density at radius 3 is 1.78 bits per heavy atom. The van der Waals surface area contributed by atoms with Crippen molar-refractivity contribution in [2.45, 2.75) is 51.2 Å². The van der Waals surface area contributed by atoms with Crippen LogP contribution in [0.5, 0.6) is 0 Å². The monoisotopic (exact) mass is 513 g/mol. The summed E-state index contributed by atoms with van der Waals surface area (Å²) in [5, 5.41) is 0. The number of rotatable bonds is 11. The topological polar surface area (TPSA) is 62.9 Å². The third-order valence-electron chi connectivity index (χ3n) is 5.97. The van der Waals surface area contributed by atoms with Gasteiger partial charge in [-0.3, -0.25) is 0 Å². The Kier molecular flexibility index (Phi) is 9.12. The van der Waals surface area contributed by atoms with Crippen LogP contribution in [0.15, 0.2) is 72.8 Å². The number of nitrogens with two attached hydrogens (primary N) is 1. The number of halogens is 2. The zero-order valence-corrected chi connectivity index (χ0v) is 20.8. The SMILES string of the molecule is Cc1ccc(CO[C@@H]2[C@H](OCc3ccc(F)cc3)[C@@H](COCc3ccc(F)cc3)O[C@H]2C(N)=S)cc1. The zero-order chi connectivity index (χ0) is 25.5. The molecule has 0 amide bonds. The van der Waals surface area contributed by atoms with Gasteiger partial charge in [0.1, 0.15) is 41.0 Å². The molecule has 1 aliphatic rings. The maximum atomic E-state index is 13.3. The van der Waals surface area contributed by atoms with Gasteiger partial charge in [0, 0.05) is 0 Å². The van der Waals surface area contributed by atoms with Crippen molar-refractivity contribution < 1.29 is 27.7 Å². The smallest absolute Gasteiger partial charge is 0.137 e. The summed E-state index contributed by atoms with van der Waals surface area (Å²) < 4.78 is 51.1. The van der Waals surface area contributed by atoms with Crippen molar-refractivity contribution in [1.82, 2.24) is 0 Å². The maximum absolute atomic E-state index is 13.3. The second kappa shape index (κ2) is 12.5. The maximum Gasteiger partial charge on any atom is 0.137 e. The van der Waals surface area contributed by atoms with Gasteiger partial charge in [-0.2, -0.15) is 0 Å². The molecule has 4 atom stereocenters. The molecule has 0 bridgehead atoms. The van der Waals surface area contributed by atoms with E-state index in [1.807, 2.05) is 31.2 Å². The molecule has 1 fully saturated rings. The molecule has 8 heteroatoms. The van der Waals surface area contributed by atoms with Gasteiger partial charge in [-0.05, 0) is 47.9 Å². The summed E-state index contributed by atoms with van der Waals surface area (Å²) in [6.07, 6.45) is -2.28. The summed E-state index contributed by atoms with van der Waals surface area (Å²) in [5.74, 6) is -0.622. The van der Waals surface area contributed by atoms with E-state index in [1.165, 1.54) is 24.3 Å². The fourth-order valence-corrected chi connectivity index (χ4v) is 4.19. The third kappa shape index (κ3) is 7.15. The van der Waals surface area contributed by atoms with Crippen LogP contribution in [-0.2, 0) is 38.8 Å². The van der Waals surface area contributed by atoms with Gasteiger partial charge >= 0.3 is 0 Å². The molecule has 0 aromatic heterocycles. The molecule has 3 aromatic carbocycles. The minimum absolute atomic E-state index is 0.167. The highest BCUT2D eigenvalue weighted by atomic mass is 32.1. The van der Waals surface area contributed by atoms with E-state index in [1.54, 1.807) is 24.3 Å². The van der Waals surface area contributed by atoms with Gasteiger partial charge in [0.15, 0.2) is 0 Å². The first-order valence-corrected chi connectivity index (χ1v) is 12.1. The Hall–Kier alpha value is -2.75. The van der Waals surface area contributed by atoms with Crippen LogP contribution in [0.25, 0.3) is 0 Å². The van der Waals surface area contributed by atoms with Crippen LogP contribution in [-0.4, -0.2) is 36.0 Å². The molecule has 0 spiro atoms. The molecule has 0 saturated carbocycles. The van der Waals surface area contributed by atoms with E-state index in [0.717, 1.165) is 22.3 Å². The van der Waals surface area contributed by atoms with Crippen LogP contribution in [0.2, 0.25) is 0 Å². The van der Waals surface area contributed by atoms with Gasteiger partial charge in [0.2, 0.25) is 0 Å². The van der Waals surface area contributed by atoms with Gasteiger partial charge in [-0.15, -0.1) is 0 Å². The Labute approximate surface area is 215 Å². The van der Waals surface area contributed by atoms with Crippen molar-refractivity contribution >= 4 is 17.2 Å². The van der Waals surface area contributed by atoms with Gasteiger partial charge in [-0.1, -0.05) is 66.3 Å². The molecule has 0 radical (unpaired) electrons. The zero-order valence-electron chi connectivity index (χ0n) is 19.9. The minimum atomic E-state index is -0.664. The van der Waals surface area contributed by atoms with E-state index in [-0.39, 0.29) is 36.4 Å². The summed E-state index contributed by atoms with van der Waals surface area (Å²) >= 11 is 5.28. The van der Waals surface area contributed by atoms with E-state index in [4.69, 9.17) is 36.9 Å². The highest BCUT2D eigenvalue weighted by Gasteiger charge is 2.47. The van der Waals surface area contributed by atoms with E-state index < -0.39 is 24.4 Å². The van der Waals surface area contributed by atoms with E-state index in [0.29, 0.717) is 6.61 Å².